The minimum atomic E-state index is -3.75. The Balaban J connectivity index is 1.10. The lowest BCUT2D eigenvalue weighted by molar-refractivity contribution is 0.0838. The van der Waals surface area contributed by atoms with Crippen LogP contribution >= 0.6 is 0 Å². The quantitative estimate of drug-likeness (QED) is 0.234. The zero-order valence-electron chi connectivity index (χ0n) is 26.7. The van der Waals surface area contributed by atoms with E-state index in [1.165, 1.54) is 22.0 Å². The van der Waals surface area contributed by atoms with Crippen molar-refractivity contribution in [2.45, 2.75) is 50.6 Å². The lowest BCUT2D eigenvalue weighted by Gasteiger charge is -2.38. The number of aliphatic hydroxyl groups is 1. The van der Waals surface area contributed by atoms with Crippen molar-refractivity contribution in [2.75, 3.05) is 56.9 Å². The van der Waals surface area contributed by atoms with Crippen LogP contribution in [0.1, 0.15) is 60.0 Å². The average molecular weight is 667 g/mol. The molecular weight excluding hydrogens is 623 g/mol. The molecule has 3 fully saturated rings. The lowest BCUT2D eigenvalue weighted by Crippen LogP contribution is -2.52. The summed E-state index contributed by atoms with van der Waals surface area (Å²) in [5.41, 5.74) is 4.82. The summed E-state index contributed by atoms with van der Waals surface area (Å²) >= 11 is 0. The van der Waals surface area contributed by atoms with Gasteiger partial charge in [-0.05, 0) is 104 Å². The molecule has 0 bridgehead atoms. The van der Waals surface area contributed by atoms with Crippen LogP contribution in [0, 0.1) is 5.82 Å². The molecule has 1 spiro atoms. The van der Waals surface area contributed by atoms with Crippen LogP contribution in [0.4, 0.5) is 10.1 Å². The van der Waals surface area contributed by atoms with Gasteiger partial charge in [0.15, 0.2) is 0 Å². The van der Waals surface area contributed by atoms with Crippen LogP contribution in [-0.4, -0.2) is 82.5 Å². The van der Waals surface area contributed by atoms with Crippen LogP contribution < -0.4 is 19.1 Å². The SMILES string of the molecule is CCOc1cc(-c2ccc(F)cc2)c(C2CC2)cc1CN1CCC2(CC1)CN(c1ccc(C(=O)NCCOCCO)cc1)S(=O)(=O)N2. The summed E-state index contributed by atoms with van der Waals surface area (Å²) in [6, 6.07) is 17.6. The molecule has 0 radical (unpaired) electrons. The Labute approximate surface area is 276 Å². The van der Waals surface area contributed by atoms with E-state index in [1.807, 2.05) is 19.1 Å². The highest BCUT2D eigenvalue weighted by Gasteiger charge is 2.48. The van der Waals surface area contributed by atoms with Crippen LogP contribution in [0.5, 0.6) is 5.75 Å². The minimum Gasteiger partial charge on any atom is -0.494 e. The van der Waals surface area contributed by atoms with Gasteiger partial charge in [-0.1, -0.05) is 12.1 Å². The van der Waals surface area contributed by atoms with Gasteiger partial charge in [0, 0.05) is 37.3 Å². The van der Waals surface area contributed by atoms with E-state index in [0.29, 0.717) is 62.9 Å². The van der Waals surface area contributed by atoms with Crippen molar-refractivity contribution >= 4 is 21.8 Å². The molecule has 2 saturated heterocycles. The number of nitrogens with zero attached hydrogens (tertiary/aromatic N) is 2. The molecule has 12 heteroatoms. The van der Waals surface area contributed by atoms with Crippen LogP contribution in [0.25, 0.3) is 11.1 Å². The molecule has 6 rings (SSSR count). The molecule has 0 aromatic heterocycles. The molecule has 1 saturated carbocycles. The minimum absolute atomic E-state index is 0.0743. The summed E-state index contributed by atoms with van der Waals surface area (Å²) < 4.78 is 55.9. The number of halogens is 1. The summed E-state index contributed by atoms with van der Waals surface area (Å²) in [6.45, 7) is 5.71. The maximum Gasteiger partial charge on any atom is 0.302 e. The van der Waals surface area contributed by atoms with Crippen LogP contribution in [0.15, 0.2) is 60.7 Å². The molecule has 3 aromatic rings. The number of nitrogens with one attached hydrogen (secondary N) is 2. The van der Waals surface area contributed by atoms with Gasteiger partial charge in [0.1, 0.15) is 11.6 Å². The van der Waals surface area contributed by atoms with Gasteiger partial charge in [-0.15, -0.1) is 0 Å². The van der Waals surface area contributed by atoms with Gasteiger partial charge in [-0.25, -0.2) is 4.39 Å². The fourth-order valence-electron chi connectivity index (χ4n) is 6.54. The summed E-state index contributed by atoms with van der Waals surface area (Å²) in [5, 5.41) is 11.5. The summed E-state index contributed by atoms with van der Waals surface area (Å²) in [4.78, 5) is 14.8. The second-order valence-corrected chi connectivity index (χ2v) is 14.2. The number of piperidine rings is 1. The average Bonchev–Trinajstić information content (AvgIpc) is 3.87. The smallest absolute Gasteiger partial charge is 0.302 e. The maximum atomic E-state index is 13.7. The number of aliphatic hydroxyl groups excluding tert-OH is 1. The molecule has 3 N–H and O–H groups in total. The number of anilines is 1. The normalized spacial score (nSPS) is 18.8. The van der Waals surface area contributed by atoms with Crippen LogP contribution in [0.2, 0.25) is 0 Å². The Hall–Kier alpha value is -3.55. The third kappa shape index (κ3) is 7.79. The Morgan fingerprint density at radius 1 is 1.06 bits per heavy atom. The number of amides is 1. The number of ether oxygens (including phenoxy) is 2. The number of benzene rings is 3. The van der Waals surface area contributed by atoms with Crippen molar-refractivity contribution in [3.05, 3.63) is 83.2 Å². The largest absolute Gasteiger partial charge is 0.494 e. The van der Waals surface area contributed by atoms with Crippen LogP contribution in [0.3, 0.4) is 0 Å². The zero-order valence-corrected chi connectivity index (χ0v) is 27.5. The van der Waals surface area contributed by atoms with Crippen LogP contribution in [-0.2, 0) is 21.5 Å². The zero-order chi connectivity index (χ0) is 33.0. The van der Waals surface area contributed by atoms with E-state index in [4.69, 9.17) is 14.6 Å². The third-order valence-electron chi connectivity index (χ3n) is 9.18. The highest BCUT2D eigenvalue weighted by molar-refractivity contribution is 7.91. The van der Waals surface area contributed by atoms with E-state index in [-0.39, 0.29) is 24.9 Å². The van der Waals surface area contributed by atoms with Gasteiger partial charge in [0.2, 0.25) is 0 Å². The highest BCUT2D eigenvalue weighted by Crippen LogP contribution is 2.47. The van der Waals surface area contributed by atoms with Gasteiger partial charge >= 0.3 is 10.2 Å². The van der Waals surface area contributed by atoms with E-state index in [9.17, 15) is 17.6 Å². The fourth-order valence-corrected chi connectivity index (χ4v) is 8.29. The van der Waals surface area contributed by atoms with E-state index in [1.54, 1.807) is 24.3 Å². The molecule has 252 valence electrons. The topological polar surface area (TPSA) is 120 Å². The molecule has 2 aliphatic heterocycles. The number of likely N-dealkylation sites (tertiary alicyclic amines) is 1. The molecule has 47 heavy (non-hydrogen) atoms. The highest BCUT2D eigenvalue weighted by atomic mass is 32.2. The predicted octanol–water partition coefficient (Wildman–Crippen LogP) is 4.20. The Kier molecular flexibility index (Phi) is 10.1. The third-order valence-corrected chi connectivity index (χ3v) is 10.8. The van der Waals surface area contributed by atoms with E-state index >= 15 is 0 Å². The van der Waals surface area contributed by atoms with Crippen molar-refractivity contribution in [3.63, 3.8) is 0 Å². The number of rotatable bonds is 13. The first-order valence-corrected chi connectivity index (χ1v) is 17.8. The molecule has 1 aliphatic carbocycles. The maximum absolute atomic E-state index is 13.7. The molecule has 0 atom stereocenters. The van der Waals surface area contributed by atoms with Gasteiger partial charge in [-0.3, -0.25) is 14.0 Å². The molecule has 3 aliphatic rings. The Bertz CT molecular complexity index is 1660. The fraction of sp³-hybridized carbons (Fsp3) is 0.457. The van der Waals surface area contributed by atoms with Crippen molar-refractivity contribution in [2.24, 2.45) is 0 Å². The summed E-state index contributed by atoms with van der Waals surface area (Å²) in [6.07, 6.45) is 3.60. The summed E-state index contributed by atoms with van der Waals surface area (Å²) in [7, 11) is -3.75. The molecule has 2 heterocycles. The van der Waals surface area contributed by atoms with Crippen molar-refractivity contribution in [1.29, 1.82) is 0 Å². The number of carbonyl (C=O) groups excluding carboxylic acids is 1. The monoisotopic (exact) mass is 666 g/mol. The second kappa shape index (κ2) is 14.3. The lowest BCUT2D eigenvalue weighted by atomic mass is 9.88. The first-order valence-electron chi connectivity index (χ1n) is 16.4. The van der Waals surface area contributed by atoms with Crippen molar-refractivity contribution < 1.29 is 32.2 Å². The number of hydrogen-bond donors (Lipinski definition) is 3. The Morgan fingerprint density at radius 2 is 1.79 bits per heavy atom. The van der Waals surface area contributed by atoms with Gasteiger partial charge in [0.25, 0.3) is 5.91 Å². The summed E-state index contributed by atoms with van der Waals surface area (Å²) in [5.74, 6) is 0.789. The molecule has 3 aromatic carbocycles. The number of carbonyl (C=O) groups is 1. The van der Waals surface area contributed by atoms with E-state index in [0.717, 1.165) is 48.4 Å². The number of hydrogen-bond acceptors (Lipinski definition) is 7. The molecule has 10 nitrogen and oxygen atoms in total. The van der Waals surface area contributed by atoms with Gasteiger partial charge in [0.05, 0.1) is 44.2 Å². The van der Waals surface area contributed by atoms with E-state index in [2.05, 4.69) is 27.1 Å². The first-order chi connectivity index (χ1) is 22.7. The first kappa shape index (κ1) is 33.4. The van der Waals surface area contributed by atoms with Gasteiger partial charge in [-0.2, -0.15) is 13.1 Å². The second-order valence-electron chi connectivity index (χ2n) is 12.6. The molecular formula is C35H43FN4O6S. The Morgan fingerprint density at radius 3 is 2.45 bits per heavy atom. The van der Waals surface area contributed by atoms with Gasteiger partial charge < -0.3 is 19.9 Å². The van der Waals surface area contributed by atoms with E-state index < -0.39 is 15.7 Å². The van der Waals surface area contributed by atoms with Crippen molar-refractivity contribution in [1.82, 2.24) is 14.9 Å². The van der Waals surface area contributed by atoms with Crippen molar-refractivity contribution in [3.8, 4) is 16.9 Å². The molecule has 1 amide bonds. The predicted molar refractivity (Wildman–Crippen MR) is 178 cm³/mol. The standard InChI is InChI=1S/C35H43FN4O6S/c1-2-46-33-22-32(26-5-9-29(36)10-6-26)31(25-3-4-25)21-28(33)23-39-16-13-35(14-17-39)24-40(47(43,44)38-35)30-11-7-27(8-12-30)34(42)37-15-19-45-20-18-41/h5-12,21-22,25,38,41H,2-4,13-20,23-24H2,1H3,(H,37,42). The molecule has 0 unspecified atom stereocenters.